The Balaban J connectivity index is 2.46. The zero-order chi connectivity index (χ0) is 10.1. The van der Waals surface area contributed by atoms with Crippen molar-refractivity contribution in [2.24, 2.45) is 5.73 Å². The Hall–Kier alpha value is -0.120. The minimum absolute atomic E-state index is 0.291. The molecule has 3 heteroatoms. The van der Waals surface area contributed by atoms with Crippen LogP contribution >= 0.6 is 0 Å². The molecule has 1 rings (SSSR count). The van der Waals surface area contributed by atoms with Gasteiger partial charge < -0.3 is 5.73 Å². The zero-order valence-corrected chi connectivity index (χ0v) is 9.38. The molecule has 3 nitrogen and oxygen atoms in total. The normalized spacial score (nSPS) is 27.5. The second kappa shape index (κ2) is 3.95. The van der Waals surface area contributed by atoms with Crippen LogP contribution in [0.15, 0.2) is 0 Å². The average molecular weight is 185 g/mol. The molecule has 0 spiro atoms. The molecule has 0 bridgehead atoms. The molecule has 0 unspecified atom stereocenters. The fourth-order valence-electron chi connectivity index (χ4n) is 1.90. The Kier molecular flexibility index (Phi) is 3.33. The van der Waals surface area contributed by atoms with Crippen LogP contribution in [0.5, 0.6) is 0 Å². The van der Waals surface area contributed by atoms with Crippen molar-refractivity contribution in [3.8, 4) is 0 Å². The standard InChI is InChI=1S/C10H23N3/c1-9(11)7-13-6-5-12(4)10(2,3)8-13/h9H,5-8,11H2,1-4H3/t9-/m0/s1. The lowest BCUT2D eigenvalue weighted by molar-refractivity contribution is 0.0380. The van der Waals surface area contributed by atoms with Crippen molar-refractivity contribution in [3.05, 3.63) is 0 Å². The van der Waals surface area contributed by atoms with Gasteiger partial charge in [-0.15, -0.1) is 0 Å². The number of likely N-dealkylation sites (N-methyl/N-ethyl adjacent to an activating group) is 1. The van der Waals surface area contributed by atoms with Gasteiger partial charge in [0, 0.05) is 37.8 Å². The van der Waals surface area contributed by atoms with Gasteiger partial charge in [-0.1, -0.05) is 0 Å². The number of piperazine rings is 1. The van der Waals surface area contributed by atoms with E-state index in [2.05, 4.69) is 37.6 Å². The van der Waals surface area contributed by atoms with Gasteiger partial charge >= 0.3 is 0 Å². The number of hydrogen-bond acceptors (Lipinski definition) is 3. The van der Waals surface area contributed by atoms with Gasteiger partial charge in [0.25, 0.3) is 0 Å². The van der Waals surface area contributed by atoms with Crippen LogP contribution in [0.1, 0.15) is 20.8 Å². The topological polar surface area (TPSA) is 32.5 Å². The first-order valence-corrected chi connectivity index (χ1v) is 5.11. The molecule has 1 fully saturated rings. The lowest BCUT2D eigenvalue weighted by Gasteiger charge is -2.45. The van der Waals surface area contributed by atoms with Gasteiger partial charge in [-0.3, -0.25) is 9.80 Å². The molecule has 1 aliphatic heterocycles. The molecule has 1 heterocycles. The highest BCUT2D eigenvalue weighted by molar-refractivity contribution is 4.88. The molecular weight excluding hydrogens is 162 g/mol. The van der Waals surface area contributed by atoms with Crippen molar-refractivity contribution in [3.63, 3.8) is 0 Å². The molecule has 2 N–H and O–H groups in total. The monoisotopic (exact) mass is 185 g/mol. The zero-order valence-electron chi connectivity index (χ0n) is 9.38. The summed E-state index contributed by atoms with van der Waals surface area (Å²) >= 11 is 0. The minimum atomic E-state index is 0.291. The van der Waals surface area contributed by atoms with E-state index in [1.165, 1.54) is 0 Å². The molecular formula is C10H23N3. The van der Waals surface area contributed by atoms with Crippen LogP contribution in [0, 0.1) is 0 Å². The van der Waals surface area contributed by atoms with Crippen molar-refractivity contribution in [2.45, 2.75) is 32.4 Å². The van der Waals surface area contributed by atoms with Crippen LogP contribution in [0.25, 0.3) is 0 Å². The Labute approximate surface area is 81.9 Å². The third kappa shape index (κ3) is 2.93. The number of hydrogen-bond donors (Lipinski definition) is 1. The van der Waals surface area contributed by atoms with Gasteiger partial charge in [-0.25, -0.2) is 0 Å². The predicted molar refractivity (Wildman–Crippen MR) is 56.8 cm³/mol. The fraction of sp³-hybridized carbons (Fsp3) is 1.00. The van der Waals surface area contributed by atoms with Crippen molar-refractivity contribution in [2.75, 3.05) is 33.2 Å². The Morgan fingerprint density at radius 2 is 2.00 bits per heavy atom. The van der Waals surface area contributed by atoms with Crippen LogP contribution in [-0.2, 0) is 0 Å². The summed E-state index contributed by atoms with van der Waals surface area (Å²) < 4.78 is 0. The molecule has 1 saturated heterocycles. The number of rotatable bonds is 2. The van der Waals surface area contributed by atoms with Crippen LogP contribution in [0.3, 0.4) is 0 Å². The van der Waals surface area contributed by atoms with E-state index in [0.29, 0.717) is 11.6 Å². The van der Waals surface area contributed by atoms with Gasteiger partial charge in [-0.05, 0) is 27.8 Å². The second-order valence-corrected chi connectivity index (χ2v) is 4.95. The minimum Gasteiger partial charge on any atom is -0.327 e. The van der Waals surface area contributed by atoms with Crippen molar-refractivity contribution >= 4 is 0 Å². The lowest BCUT2D eigenvalue weighted by atomic mass is 9.99. The van der Waals surface area contributed by atoms with E-state index in [1.807, 2.05) is 0 Å². The summed E-state index contributed by atoms with van der Waals surface area (Å²) in [4.78, 5) is 4.88. The van der Waals surface area contributed by atoms with Crippen molar-refractivity contribution in [1.82, 2.24) is 9.80 Å². The summed E-state index contributed by atoms with van der Waals surface area (Å²) in [6.45, 7) is 11.1. The van der Waals surface area contributed by atoms with Gasteiger partial charge in [0.2, 0.25) is 0 Å². The third-order valence-corrected chi connectivity index (χ3v) is 2.94. The van der Waals surface area contributed by atoms with Crippen molar-refractivity contribution in [1.29, 1.82) is 0 Å². The lowest BCUT2D eigenvalue weighted by Crippen LogP contribution is -2.58. The summed E-state index contributed by atoms with van der Waals surface area (Å²) in [5, 5.41) is 0. The molecule has 1 atom stereocenters. The Bertz CT molecular complexity index is 166. The fourth-order valence-corrected chi connectivity index (χ4v) is 1.90. The van der Waals surface area contributed by atoms with E-state index in [4.69, 9.17) is 5.73 Å². The first-order chi connectivity index (χ1) is 5.92. The third-order valence-electron chi connectivity index (χ3n) is 2.94. The van der Waals surface area contributed by atoms with E-state index in [1.54, 1.807) is 0 Å². The summed E-state index contributed by atoms with van der Waals surface area (Å²) in [6.07, 6.45) is 0. The van der Waals surface area contributed by atoms with Crippen LogP contribution in [0.2, 0.25) is 0 Å². The molecule has 78 valence electrons. The first kappa shape index (κ1) is 11.0. The summed E-state index contributed by atoms with van der Waals surface area (Å²) in [6, 6.07) is 0.291. The maximum Gasteiger partial charge on any atom is 0.0277 e. The maximum atomic E-state index is 5.79. The van der Waals surface area contributed by atoms with Crippen molar-refractivity contribution < 1.29 is 0 Å². The summed E-state index contributed by atoms with van der Waals surface area (Å²) in [5.41, 5.74) is 6.09. The van der Waals surface area contributed by atoms with E-state index in [0.717, 1.165) is 26.2 Å². The molecule has 0 aromatic rings. The average Bonchev–Trinajstić information content (AvgIpc) is 1.95. The van der Waals surface area contributed by atoms with E-state index < -0.39 is 0 Å². The second-order valence-electron chi connectivity index (χ2n) is 4.95. The largest absolute Gasteiger partial charge is 0.327 e. The molecule has 1 aliphatic rings. The number of nitrogens with two attached hydrogens (primary N) is 1. The van der Waals surface area contributed by atoms with E-state index >= 15 is 0 Å². The first-order valence-electron chi connectivity index (χ1n) is 5.11. The molecule has 0 radical (unpaired) electrons. The highest BCUT2D eigenvalue weighted by Gasteiger charge is 2.30. The predicted octanol–water partition coefficient (Wildman–Crippen LogP) is 0.360. The molecule has 0 aromatic carbocycles. The van der Waals surface area contributed by atoms with Gasteiger partial charge in [0.1, 0.15) is 0 Å². The van der Waals surface area contributed by atoms with E-state index in [-0.39, 0.29) is 0 Å². The van der Waals surface area contributed by atoms with Crippen LogP contribution < -0.4 is 5.73 Å². The Morgan fingerprint density at radius 3 is 2.46 bits per heavy atom. The molecule has 13 heavy (non-hydrogen) atoms. The van der Waals surface area contributed by atoms with Crippen LogP contribution in [0.4, 0.5) is 0 Å². The molecule has 0 aliphatic carbocycles. The quantitative estimate of drug-likeness (QED) is 0.674. The smallest absolute Gasteiger partial charge is 0.0277 e. The Morgan fingerprint density at radius 1 is 1.38 bits per heavy atom. The van der Waals surface area contributed by atoms with E-state index in [9.17, 15) is 0 Å². The summed E-state index contributed by atoms with van der Waals surface area (Å²) in [7, 11) is 2.20. The van der Waals surface area contributed by atoms with Crippen LogP contribution in [-0.4, -0.2) is 54.6 Å². The highest BCUT2D eigenvalue weighted by Crippen LogP contribution is 2.18. The maximum absolute atomic E-state index is 5.79. The molecule has 0 amide bonds. The SMILES string of the molecule is C[C@H](N)CN1CCN(C)C(C)(C)C1. The highest BCUT2D eigenvalue weighted by atomic mass is 15.3. The van der Waals surface area contributed by atoms with Gasteiger partial charge in [0.05, 0.1) is 0 Å². The number of nitrogens with zero attached hydrogens (tertiary/aromatic N) is 2. The molecule has 0 aromatic heterocycles. The summed E-state index contributed by atoms with van der Waals surface area (Å²) in [5.74, 6) is 0. The van der Waals surface area contributed by atoms with Gasteiger partial charge in [-0.2, -0.15) is 0 Å². The van der Waals surface area contributed by atoms with Gasteiger partial charge in [0.15, 0.2) is 0 Å². The molecule has 0 saturated carbocycles.